The van der Waals surface area contributed by atoms with Crippen molar-refractivity contribution in [1.82, 2.24) is 10.2 Å². The summed E-state index contributed by atoms with van der Waals surface area (Å²) in [6.07, 6.45) is 3.73. The third-order valence-electron chi connectivity index (χ3n) is 2.51. The number of hydrogen-bond donors (Lipinski definition) is 2. The number of aryl methyl sites for hydroxylation is 2. The van der Waals surface area contributed by atoms with E-state index < -0.39 is 0 Å². The number of nitrogens with one attached hydrogen (secondary N) is 2. The predicted molar refractivity (Wildman–Crippen MR) is 69.6 cm³/mol. The third kappa shape index (κ3) is 2.74. The van der Waals surface area contributed by atoms with Gasteiger partial charge in [-0.2, -0.15) is 5.10 Å². The van der Waals surface area contributed by atoms with E-state index in [1.54, 1.807) is 12.3 Å². The van der Waals surface area contributed by atoms with Crippen LogP contribution in [0.5, 0.6) is 0 Å². The lowest BCUT2D eigenvalue weighted by molar-refractivity contribution is 0.103. The molecule has 0 aliphatic heterocycles. The molecule has 0 fully saturated rings. The van der Waals surface area contributed by atoms with Crippen LogP contribution in [0.15, 0.2) is 18.3 Å². The Kier molecular flexibility index (Phi) is 3.58. The van der Waals surface area contributed by atoms with E-state index in [2.05, 4.69) is 29.4 Å². The minimum absolute atomic E-state index is 0.0790. The van der Waals surface area contributed by atoms with Crippen LogP contribution in [-0.2, 0) is 6.42 Å². The van der Waals surface area contributed by atoms with Gasteiger partial charge in [0.25, 0.3) is 5.91 Å². The fraction of sp³-hybridized carbons (Fsp3) is 0.333. The number of hydrogen-bond acceptors (Lipinski definition) is 3. The van der Waals surface area contributed by atoms with Crippen molar-refractivity contribution in [1.29, 1.82) is 0 Å². The second-order valence-electron chi connectivity index (χ2n) is 3.87. The first-order valence-electron chi connectivity index (χ1n) is 5.60. The monoisotopic (exact) mass is 249 g/mol. The summed E-state index contributed by atoms with van der Waals surface area (Å²) in [5.41, 5.74) is 1.27. The number of anilines is 1. The van der Waals surface area contributed by atoms with Gasteiger partial charge < -0.3 is 5.32 Å². The maximum atomic E-state index is 11.9. The largest absolute Gasteiger partial charge is 0.306 e. The number of nitrogens with zero attached hydrogens (tertiary/aromatic N) is 1. The highest BCUT2D eigenvalue weighted by molar-refractivity contribution is 7.14. The van der Waals surface area contributed by atoms with Crippen LogP contribution in [-0.4, -0.2) is 16.1 Å². The number of aromatic amines is 1. The predicted octanol–water partition coefficient (Wildman–Crippen LogP) is 2.98. The average Bonchev–Trinajstić information content (AvgIpc) is 2.90. The second-order valence-corrected chi connectivity index (χ2v) is 5.12. The molecule has 0 unspecified atom stereocenters. The molecule has 4 nitrogen and oxygen atoms in total. The molecule has 0 aromatic carbocycles. The molecule has 1 amide bonds. The lowest BCUT2D eigenvalue weighted by Gasteiger charge is -1.98. The molecule has 0 spiro atoms. The highest BCUT2D eigenvalue weighted by Gasteiger charge is 2.12. The summed E-state index contributed by atoms with van der Waals surface area (Å²) in [4.78, 5) is 13.9. The van der Waals surface area contributed by atoms with Gasteiger partial charge in [-0.1, -0.05) is 13.3 Å². The summed E-state index contributed by atoms with van der Waals surface area (Å²) in [6, 6.07) is 3.71. The van der Waals surface area contributed by atoms with Crippen LogP contribution in [0.4, 0.5) is 5.82 Å². The van der Waals surface area contributed by atoms with Crippen molar-refractivity contribution in [2.75, 3.05) is 5.32 Å². The van der Waals surface area contributed by atoms with Gasteiger partial charge >= 0.3 is 0 Å². The molecule has 0 saturated carbocycles. The number of thiophene rings is 1. The zero-order valence-electron chi connectivity index (χ0n) is 9.91. The quantitative estimate of drug-likeness (QED) is 0.875. The number of amides is 1. The van der Waals surface area contributed by atoms with Gasteiger partial charge in [-0.25, -0.2) is 0 Å². The molecule has 2 N–H and O–H groups in total. The van der Waals surface area contributed by atoms with E-state index in [9.17, 15) is 4.79 Å². The van der Waals surface area contributed by atoms with Crippen molar-refractivity contribution in [2.45, 2.75) is 26.7 Å². The summed E-state index contributed by atoms with van der Waals surface area (Å²) >= 11 is 1.54. The summed E-state index contributed by atoms with van der Waals surface area (Å²) in [5.74, 6) is 0.544. The van der Waals surface area contributed by atoms with Crippen molar-refractivity contribution in [3.05, 3.63) is 33.6 Å². The number of carbonyl (C=O) groups is 1. The van der Waals surface area contributed by atoms with Crippen LogP contribution < -0.4 is 5.32 Å². The Hall–Kier alpha value is -1.62. The van der Waals surface area contributed by atoms with E-state index in [1.807, 2.05) is 6.07 Å². The van der Waals surface area contributed by atoms with Gasteiger partial charge in [-0.3, -0.25) is 9.89 Å². The van der Waals surface area contributed by atoms with E-state index >= 15 is 0 Å². The normalized spacial score (nSPS) is 10.5. The smallest absolute Gasteiger partial charge is 0.266 e. The molecule has 2 aromatic heterocycles. The van der Waals surface area contributed by atoms with Gasteiger partial charge in [0, 0.05) is 10.9 Å². The summed E-state index contributed by atoms with van der Waals surface area (Å²) in [6.45, 7) is 4.20. The topological polar surface area (TPSA) is 57.8 Å². The first-order valence-corrected chi connectivity index (χ1v) is 6.42. The Balaban J connectivity index is 2.11. The molecule has 2 rings (SSSR count). The highest BCUT2D eigenvalue weighted by atomic mass is 32.1. The fourth-order valence-corrected chi connectivity index (χ4v) is 2.63. The van der Waals surface area contributed by atoms with Crippen LogP contribution in [0.1, 0.15) is 33.5 Å². The van der Waals surface area contributed by atoms with Crippen LogP contribution in [0.2, 0.25) is 0 Å². The van der Waals surface area contributed by atoms with Crippen LogP contribution >= 0.6 is 11.3 Å². The second kappa shape index (κ2) is 5.14. The zero-order valence-corrected chi connectivity index (χ0v) is 10.7. The zero-order chi connectivity index (χ0) is 12.3. The summed E-state index contributed by atoms with van der Waals surface area (Å²) < 4.78 is 0. The lowest BCUT2D eigenvalue weighted by atomic mass is 10.1. The third-order valence-corrected chi connectivity index (χ3v) is 3.60. The first kappa shape index (κ1) is 11.9. The van der Waals surface area contributed by atoms with Crippen molar-refractivity contribution in [3.63, 3.8) is 0 Å². The Morgan fingerprint density at radius 1 is 1.59 bits per heavy atom. The van der Waals surface area contributed by atoms with E-state index in [1.165, 1.54) is 21.8 Å². The molecule has 90 valence electrons. The Labute approximate surface area is 104 Å². The number of H-pyrrole nitrogens is 1. The van der Waals surface area contributed by atoms with Gasteiger partial charge in [-0.15, -0.1) is 11.3 Å². The number of aromatic nitrogens is 2. The van der Waals surface area contributed by atoms with Gasteiger partial charge in [-0.05, 0) is 25.0 Å². The Morgan fingerprint density at radius 3 is 3.06 bits per heavy atom. The molecule has 0 saturated heterocycles. The summed E-state index contributed by atoms with van der Waals surface area (Å²) in [5, 5.41) is 9.27. The average molecular weight is 249 g/mol. The Morgan fingerprint density at radius 2 is 2.41 bits per heavy atom. The van der Waals surface area contributed by atoms with Gasteiger partial charge in [0.05, 0.1) is 11.1 Å². The molecule has 0 atom stereocenters. The maximum absolute atomic E-state index is 11.9. The molecule has 5 heteroatoms. The minimum atomic E-state index is -0.0790. The van der Waals surface area contributed by atoms with Crippen molar-refractivity contribution >= 4 is 23.1 Å². The Bertz CT molecular complexity index is 502. The SMILES string of the molecule is CCCc1cc(C(=O)Nc2ccn[nH]2)sc1C. The summed E-state index contributed by atoms with van der Waals surface area (Å²) in [7, 11) is 0. The number of carbonyl (C=O) groups excluding carboxylic acids is 1. The van der Waals surface area contributed by atoms with Crippen molar-refractivity contribution < 1.29 is 4.79 Å². The van der Waals surface area contributed by atoms with Crippen LogP contribution in [0.3, 0.4) is 0 Å². The van der Waals surface area contributed by atoms with Gasteiger partial charge in [0.15, 0.2) is 0 Å². The lowest BCUT2D eigenvalue weighted by Crippen LogP contribution is -2.10. The molecule has 2 aromatic rings. The van der Waals surface area contributed by atoms with E-state index in [-0.39, 0.29) is 5.91 Å². The first-order chi connectivity index (χ1) is 8.20. The van der Waals surface area contributed by atoms with Crippen LogP contribution in [0, 0.1) is 6.92 Å². The molecular formula is C12H15N3OS. The van der Waals surface area contributed by atoms with Crippen LogP contribution in [0.25, 0.3) is 0 Å². The van der Waals surface area contributed by atoms with E-state index in [0.717, 1.165) is 17.7 Å². The van der Waals surface area contributed by atoms with Crippen molar-refractivity contribution in [3.8, 4) is 0 Å². The molecular weight excluding hydrogens is 234 g/mol. The molecule has 0 aliphatic rings. The molecule has 0 bridgehead atoms. The van der Waals surface area contributed by atoms with E-state index in [4.69, 9.17) is 0 Å². The molecule has 0 radical (unpaired) electrons. The molecule has 17 heavy (non-hydrogen) atoms. The highest BCUT2D eigenvalue weighted by Crippen LogP contribution is 2.23. The maximum Gasteiger partial charge on any atom is 0.266 e. The minimum Gasteiger partial charge on any atom is -0.306 e. The molecule has 2 heterocycles. The molecule has 0 aliphatic carbocycles. The standard InChI is InChI=1S/C12H15N3OS/c1-3-4-9-7-10(17-8(9)2)12(16)14-11-5-6-13-15-11/h5-7H,3-4H2,1-2H3,(H2,13,14,15,16). The van der Waals surface area contributed by atoms with Gasteiger partial charge in [0.1, 0.15) is 5.82 Å². The van der Waals surface area contributed by atoms with Crippen molar-refractivity contribution in [2.24, 2.45) is 0 Å². The fourth-order valence-electron chi connectivity index (χ4n) is 1.66. The number of rotatable bonds is 4. The van der Waals surface area contributed by atoms with E-state index in [0.29, 0.717) is 5.82 Å². The van der Waals surface area contributed by atoms with Gasteiger partial charge in [0.2, 0.25) is 0 Å².